The average molecular weight is 288 g/mol. The van der Waals surface area contributed by atoms with Crippen molar-refractivity contribution in [3.05, 3.63) is 41.2 Å². The molecular formula is C15H20N4S. The lowest BCUT2D eigenvalue weighted by molar-refractivity contribution is 0.569. The number of benzene rings is 1. The highest BCUT2D eigenvalue weighted by molar-refractivity contribution is 7.98. The molecule has 0 saturated carbocycles. The largest absolute Gasteiger partial charge is 0.308 e. The van der Waals surface area contributed by atoms with Crippen LogP contribution >= 0.6 is 11.8 Å². The van der Waals surface area contributed by atoms with Gasteiger partial charge in [0, 0.05) is 12.8 Å². The summed E-state index contributed by atoms with van der Waals surface area (Å²) in [6, 6.07) is 9.04. The van der Waals surface area contributed by atoms with Gasteiger partial charge in [0.1, 0.15) is 0 Å². The Hall–Kier alpha value is -1.33. The molecule has 106 valence electrons. The standard InChI is InChI=1S/C15H20N4S/c1-11-5-7-12(8-6-11)10-20-15-18-17-14(19(15)2)13-4-3-9-16-13/h5-8,13,16H,3-4,9-10H2,1-2H3. The van der Waals surface area contributed by atoms with Gasteiger partial charge in [0.05, 0.1) is 6.04 Å². The predicted molar refractivity (Wildman–Crippen MR) is 81.7 cm³/mol. The molecule has 1 fully saturated rings. The zero-order valence-electron chi connectivity index (χ0n) is 12.0. The molecule has 20 heavy (non-hydrogen) atoms. The molecule has 1 aliphatic rings. The van der Waals surface area contributed by atoms with E-state index in [9.17, 15) is 0 Å². The summed E-state index contributed by atoms with van der Waals surface area (Å²) in [6.07, 6.45) is 2.39. The van der Waals surface area contributed by atoms with Crippen molar-refractivity contribution in [3.63, 3.8) is 0 Å². The molecule has 0 amide bonds. The van der Waals surface area contributed by atoms with Crippen LogP contribution in [0.25, 0.3) is 0 Å². The third-order valence-corrected chi connectivity index (χ3v) is 4.82. The smallest absolute Gasteiger partial charge is 0.191 e. The van der Waals surface area contributed by atoms with Gasteiger partial charge in [0.25, 0.3) is 0 Å². The van der Waals surface area contributed by atoms with Gasteiger partial charge in [0.15, 0.2) is 11.0 Å². The molecule has 0 radical (unpaired) electrons. The quantitative estimate of drug-likeness (QED) is 0.879. The molecule has 1 aromatic carbocycles. The van der Waals surface area contributed by atoms with Gasteiger partial charge in [-0.05, 0) is 31.9 Å². The van der Waals surface area contributed by atoms with Crippen LogP contribution in [0.4, 0.5) is 0 Å². The van der Waals surface area contributed by atoms with Gasteiger partial charge in [0.2, 0.25) is 0 Å². The molecule has 3 rings (SSSR count). The molecule has 1 saturated heterocycles. The zero-order chi connectivity index (χ0) is 13.9. The molecule has 0 bridgehead atoms. The van der Waals surface area contributed by atoms with Crippen molar-refractivity contribution in [1.29, 1.82) is 0 Å². The third-order valence-electron chi connectivity index (χ3n) is 3.73. The Morgan fingerprint density at radius 3 is 2.80 bits per heavy atom. The van der Waals surface area contributed by atoms with Crippen LogP contribution in [0.5, 0.6) is 0 Å². The van der Waals surface area contributed by atoms with Gasteiger partial charge < -0.3 is 9.88 Å². The van der Waals surface area contributed by atoms with Crippen LogP contribution in [0.3, 0.4) is 0 Å². The molecule has 2 heterocycles. The molecule has 1 N–H and O–H groups in total. The van der Waals surface area contributed by atoms with Gasteiger partial charge >= 0.3 is 0 Å². The molecular weight excluding hydrogens is 268 g/mol. The van der Waals surface area contributed by atoms with Crippen molar-refractivity contribution in [1.82, 2.24) is 20.1 Å². The van der Waals surface area contributed by atoms with E-state index >= 15 is 0 Å². The van der Waals surface area contributed by atoms with Gasteiger partial charge in [-0.3, -0.25) is 0 Å². The van der Waals surface area contributed by atoms with Crippen LogP contribution in [0.2, 0.25) is 0 Å². The summed E-state index contributed by atoms with van der Waals surface area (Å²) in [5, 5.41) is 13.2. The lowest BCUT2D eigenvalue weighted by Gasteiger charge is -2.09. The minimum atomic E-state index is 0.376. The van der Waals surface area contributed by atoms with E-state index in [1.807, 2.05) is 0 Å². The Bertz CT molecular complexity index is 570. The Kier molecular flexibility index (Phi) is 4.08. The molecule has 1 unspecified atom stereocenters. The molecule has 2 aromatic rings. The van der Waals surface area contributed by atoms with Gasteiger partial charge in [-0.25, -0.2) is 0 Å². The maximum Gasteiger partial charge on any atom is 0.191 e. The van der Waals surface area contributed by atoms with E-state index in [4.69, 9.17) is 0 Å². The third kappa shape index (κ3) is 2.88. The van der Waals surface area contributed by atoms with Crippen LogP contribution < -0.4 is 5.32 Å². The maximum atomic E-state index is 4.35. The highest BCUT2D eigenvalue weighted by Crippen LogP contribution is 2.26. The predicted octanol–water partition coefficient (Wildman–Crippen LogP) is 2.84. The normalized spacial score (nSPS) is 18.6. The van der Waals surface area contributed by atoms with Crippen LogP contribution in [0.1, 0.15) is 35.8 Å². The van der Waals surface area contributed by atoms with Crippen molar-refractivity contribution < 1.29 is 0 Å². The maximum absolute atomic E-state index is 4.35. The van der Waals surface area contributed by atoms with E-state index in [2.05, 4.69) is 58.3 Å². The van der Waals surface area contributed by atoms with E-state index < -0.39 is 0 Å². The summed E-state index contributed by atoms with van der Waals surface area (Å²) >= 11 is 1.75. The number of thioether (sulfide) groups is 1. The highest BCUT2D eigenvalue weighted by atomic mass is 32.2. The van der Waals surface area contributed by atoms with Gasteiger partial charge in [-0.1, -0.05) is 41.6 Å². The van der Waals surface area contributed by atoms with Crippen LogP contribution in [0, 0.1) is 6.92 Å². The SMILES string of the molecule is Cc1ccc(CSc2nnc(C3CCCN3)n2C)cc1. The lowest BCUT2D eigenvalue weighted by Crippen LogP contribution is -2.17. The van der Waals surface area contributed by atoms with Crippen molar-refractivity contribution in [2.45, 2.75) is 36.7 Å². The lowest BCUT2D eigenvalue weighted by atomic mass is 10.2. The van der Waals surface area contributed by atoms with Crippen molar-refractivity contribution in [2.75, 3.05) is 6.54 Å². The Morgan fingerprint density at radius 1 is 1.30 bits per heavy atom. The average Bonchev–Trinajstić information content (AvgIpc) is 3.08. The van der Waals surface area contributed by atoms with E-state index in [0.717, 1.165) is 29.7 Å². The monoisotopic (exact) mass is 288 g/mol. The first-order valence-corrected chi connectivity index (χ1v) is 8.03. The minimum absolute atomic E-state index is 0.376. The summed E-state index contributed by atoms with van der Waals surface area (Å²) in [5.74, 6) is 2.00. The number of hydrogen-bond donors (Lipinski definition) is 1. The van der Waals surface area contributed by atoms with E-state index in [0.29, 0.717) is 6.04 Å². The summed E-state index contributed by atoms with van der Waals surface area (Å²) in [5.41, 5.74) is 2.62. The van der Waals surface area contributed by atoms with E-state index in [1.54, 1.807) is 11.8 Å². The number of nitrogens with zero attached hydrogens (tertiary/aromatic N) is 3. The van der Waals surface area contributed by atoms with Crippen molar-refractivity contribution >= 4 is 11.8 Å². The molecule has 5 heteroatoms. The molecule has 1 aromatic heterocycles. The molecule has 0 spiro atoms. The fraction of sp³-hybridized carbons (Fsp3) is 0.467. The Morgan fingerprint density at radius 2 is 2.10 bits per heavy atom. The Balaban J connectivity index is 1.67. The van der Waals surface area contributed by atoms with Gasteiger partial charge in [-0.2, -0.15) is 0 Å². The Labute approximate surface area is 124 Å². The van der Waals surface area contributed by atoms with Gasteiger partial charge in [-0.15, -0.1) is 10.2 Å². The van der Waals surface area contributed by atoms with Crippen LogP contribution in [-0.2, 0) is 12.8 Å². The summed E-state index contributed by atoms with van der Waals surface area (Å²) in [6.45, 7) is 3.20. The van der Waals surface area contributed by atoms with E-state index in [-0.39, 0.29) is 0 Å². The van der Waals surface area contributed by atoms with Crippen molar-refractivity contribution in [3.8, 4) is 0 Å². The topological polar surface area (TPSA) is 42.7 Å². The second kappa shape index (κ2) is 5.97. The highest BCUT2D eigenvalue weighted by Gasteiger charge is 2.22. The summed E-state index contributed by atoms with van der Waals surface area (Å²) < 4.78 is 2.13. The first-order valence-electron chi connectivity index (χ1n) is 7.05. The number of hydrogen-bond acceptors (Lipinski definition) is 4. The second-order valence-electron chi connectivity index (χ2n) is 5.32. The minimum Gasteiger partial charge on any atom is -0.308 e. The first-order chi connectivity index (χ1) is 9.74. The first kappa shape index (κ1) is 13.6. The number of nitrogens with one attached hydrogen (secondary N) is 1. The second-order valence-corrected chi connectivity index (χ2v) is 6.27. The summed E-state index contributed by atoms with van der Waals surface area (Å²) in [4.78, 5) is 0. The molecule has 1 aliphatic heterocycles. The number of rotatable bonds is 4. The molecule has 1 atom stereocenters. The zero-order valence-corrected chi connectivity index (χ0v) is 12.8. The number of aromatic nitrogens is 3. The fourth-order valence-electron chi connectivity index (χ4n) is 2.49. The molecule has 0 aliphatic carbocycles. The molecule has 4 nitrogen and oxygen atoms in total. The van der Waals surface area contributed by atoms with Crippen LogP contribution in [0.15, 0.2) is 29.4 Å². The fourth-order valence-corrected chi connectivity index (χ4v) is 3.37. The number of aryl methyl sites for hydroxylation is 1. The van der Waals surface area contributed by atoms with Crippen molar-refractivity contribution in [2.24, 2.45) is 7.05 Å². The van der Waals surface area contributed by atoms with E-state index in [1.165, 1.54) is 17.5 Å². The summed E-state index contributed by atoms with van der Waals surface area (Å²) in [7, 11) is 2.06. The van der Waals surface area contributed by atoms with Crippen LogP contribution in [-0.4, -0.2) is 21.3 Å².